The number of fused-ring (bicyclic) bond motifs is 5. The van der Waals surface area contributed by atoms with E-state index in [9.17, 15) is 9.59 Å². The number of ether oxygens (including phenoxy) is 2. The predicted molar refractivity (Wildman–Crippen MR) is 93.5 cm³/mol. The van der Waals surface area contributed by atoms with Crippen molar-refractivity contribution in [2.45, 2.75) is 103 Å². The van der Waals surface area contributed by atoms with Crippen LogP contribution in [0, 0.1) is 11.8 Å². The van der Waals surface area contributed by atoms with Crippen LogP contribution in [0.1, 0.15) is 91.4 Å². The van der Waals surface area contributed by atoms with Crippen LogP contribution in [0.5, 0.6) is 0 Å². The molecule has 24 heavy (non-hydrogen) atoms. The smallest absolute Gasteiger partial charge is 0.320 e. The minimum Gasteiger partial charge on any atom is -0.393 e. The van der Waals surface area contributed by atoms with Gasteiger partial charge in [0, 0.05) is 0 Å². The summed E-state index contributed by atoms with van der Waals surface area (Å²) in [5.74, 6) is -1.31. The Morgan fingerprint density at radius 1 is 0.958 bits per heavy atom. The van der Waals surface area contributed by atoms with Gasteiger partial charge in [0.1, 0.15) is 5.92 Å². The van der Waals surface area contributed by atoms with Crippen molar-refractivity contribution in [1.82, 2.24) is 0 Å². The lowest BCUT2D eigenvalue weighted by molar-refractivity contribution is -0.159. The summed E-state index contributed by atoms with van der Waals surface area (Å²) in [6.07, 6.45) is 12.7. The van der Waals surface area contributed by atoms with Crippen LogP contribution in [0.15, 0.2) is 0 Å². The Balaban J connectivity index is 0.000000647. The molecule has 3 rings (SSSR count). The maximum Gasteiger partial charge on any atom is 0.320 e. The highest BCUT2D eigenvalue weighted by Gasteiger charge is 2.68. The van der Waals surface area contributed by atoms with Gasteiger partial charge in [-0.1, -0.05) is 72.1 Å². The molecule has 0 spiro atoms. The molecule has 0 aromatic carbocycles. The van der Waals surface area contributed by atoms with Gasteiger partial charge in [0.15, 0.2) is 0 Å². The van der Waals surface area contributed by atoms with E-state index in [2.05, 4.69) is 20.8 Å². The van der Waals surface area contributed by atoms with Gasteiger partial charge in [-0.05, 0) is 19.3 Å². The van der Waals surface area contributed by atoms with E-state index in [0.29, 0.717) is 0 Å². The maximum absolute atomic E-state index is 11.9. The van der Waals surface area contributed by atoms with Gasteiger partial charge in [0.25, 0.3) is 0 Å². The molecule has 0 aliphatic carbocycles. The monoisotopic (exact) mass is 338 g/mol. The van der Waals surface area contributed by atoms with E-state index in [1.54, 1.807) is 0 Å². The van der Waals surface area contributed by atoms with Gasteiger partial charge in [0.2, 0.25) is 0 Å². The van der Waals surface area contributed by atoms with Crippen LogP contribution in [-0.2, 0) is 19.1 Å². The summed E-state index contributed by atoms with van der Waals surface area (Å²) in [6.45, 7) is 6.48. The molecule has 2 unspecified atom stereocenters. The van der Waals surface area contributed by atoms with Gasteiger partial charge in [0.05, 0.1) is 17.6 Å². The van der Waals surface area contributed by atoms with Crippen molar-refractivity contribution in [3.63, 3.8) is 0 Å². The molecule has 3 aliphatic heterocycles. The van der Waals surface area contributed by atoms with E-state index in [1.165, 1.54) is 44.9 Å². The van der Waals surface area contributed by atoms with E-state index >= 15 is 0 Å². The summed E-state index contributed by atoms with van der Waals surface area (Å²) in [5, 5.41) is 0. The highest BCUT2D eigenvalue weighted by atomic mass is 16.6. The molecule has 0 radical (unpaired) electrons. The second-order valence-electron chi connectivity index (χ2n) is 7.58. The Hall–Kier alpha value is -0.900. The van der Waals surface area contributed by atoms with Crippen LogP contribution in [-0.4, -0.2) is 23.6 Å². The summed E-state index contributed by atoms with van der Waals surface area (Å²) in [6, 6.07) is 0. The minimum absolute atomic E-state index is 0.0708. The molecular weight excluding hydrogens is 304 g/mol. The second kappa shape index (κ2) is 8.98. The molecule has 2 bridgehead atoms. The predicted octanol–water partition coefficient (Wildman–Crippen LogP) is 4.79. The Bertz CT molecular complexity index is 433. The quantitative estimate of drug-likeness (QED) is 0.363. The van der Waals surface area contributed by atoms with Crippen LogP contribution in [0.4, 0.5) is 0 Å². The third-order valence-electron chi connectivity index (χ3n) is 5.50. The zero-order chi connectivity index (χ0) is 17.6. The van der Waals surface area contributed by atoms with Crippen LogP contribution in [0.2, 0.25) is 0 Å². The molecule has 0 saturated carbocycles. The van der Waals surface area contributed by atoms with Gasteiger partial charge >= 0.3 is 11.9 Å². The maximum atomic E-state index is 11.9. The van der Waals surface area contributed by atoms with E-state index in [4.69, 9.17) is 9.47 Å². The number of rotatable bonds is 8. The number of carbonyl (C=O) groups is 2. The van der Waals surface area contributed by atoms with Crippen molar-refractivity contribution < 1.29 is 19.1 Å². The average Bonchev–Trinajstić information content (AvgIpc) is 3.19. The normalized spacial score (nSPS) is 33.2. The lowest BCUT2D eigenvalue weighted by Crippen LogP contribution is -2.40. The molecule has 3 heterocycles. The standard InChI is InChI=1S/C17H26O4.C3H8/c1-2-3-4-5-6-7-8-10-17-11-9-12(21-17)13-14(17)16(19)20-15(13)18;1-3-2/h12-14H,2-11H2,1H3;3H2,1-2H3/t12-,13?,14?,17+;/m1./s1. The summed E-state index contributed by atoms with van der Waals surface area (Å²) in [7, 11) is 0. The average molecular weight is 338 g/mol. The highest BCUT2D eigenvalue weighted by molar-refractivity contribution is 5.98. The zero-order valence-electron chi connectivity index (χ0n) is 15.6. The fraction of sp³-hybridized carbons (Fsp3) is 0.900. The lowest BCUT2D eigenvalue weighted by Gasteiger charge is -2.29. The number of cyclic esters (lactones) is 2. The first kappa shape index (κ1) is 19.4. The molecule has 3 saturated heterocycles. The Labute approximate surface area is 146 Å². The number of hydrogen-bond donors (Lipinski definition) is 0. The Kier molecular flexibility index (Phi) is 7.27. The number of esters is 2. The summed E-state index contributed by atoms with van der Waals surface area (Å²) >= 11 is 0. The largest absolute Gasteiger partial charge is 0.393 e. The summed E-state index contributed by atoms with van der Waals surface area (Å²) in [4.78, 5) is 23.7. The van der Waals surface area contributed by atoms with E-state index < -0.39 is 0 Å². The fourth-order valence-corrected chi connectivity index (χ4v) is 4.43. The van der Waals surface area contributed by atoms with Crippen LogP contribution in [0.25, 0.3) is 0 Å². The minimum atomic E-state index is -0.387. The van der Waals surface area contributed by atoms with Crippen molar-refractivity contribution >= 4 is 11.9 Å². The van der Waals surface area contributed by atoms with E-state index in [-0.39, 0.29) is 35.5 Å². The van der Waals surface area contributed by atoms with Crippen molar-refractivity contribution in [3.8, 4) is 0 Å². The summed E-state index contributed by atoms with van der Waals surface area (Å²) < 4.78 is 10.9. The molecule has 0 N–H and O–H groups in total. The van der Waals surface area contributed by atoms with Crippen LogP contribution < -0.4 is 0 Å². The van der Waals surface area contributed by atoms with E-state index in [0.717, 1.165) is 25.7 Å². The fourth-order valence-electron chi connectivity index (χ4n) is 4.43. The molecule has 3 aliphatic rings. The lowest BCUT2D eigenvalue weighted by atomic mass is 9.71. The van der Waals surface area contributed by atoms with E-state index in [1.807, 2.05) is 0 Å². The Morgan fingerprint density at radius 2 is 1.58 bits per heavy atom. The van der Waals surface area contributed by atoms with Gasteiger partial charge in [-0.25, -0.2) is 0 Å². The topological polar surface area (TPSA) is 52.6 Å². The molecular formula is C20H34O4. The zero-order valence-corrected chi connectivity index (χ0v) is 15.6. The molecule has 4 heteroatoms. The molecule has 3 fully saturated rings. The van der Waals surface area contributed by atoms with Crippen molar-refractivity contribution in [2.24, 2.45) is 11.8 Å². The third kappa shape index (κ3) is 4.01. The molecule has 138 valence electrons. The summed E-state index contributed by atoms with van der Waals surface area (Å²) in [5.41, 5.74) is -0.387. The Morgan fingerprint density at radius 3 is 2.25 bits per heavy atom. The highest BCUT2D eigenvalue weighted by Crippen LogP contribution is 2.56. The first-order valence-electron chi connectivity index (χ1n) is 10.0. The van der Waals surface area contributed by atoms with Crippen molar-refractivity contribution in [2.75, 3.05) is 0 Å². The third-order valence-corrected chi connectivity index (χ3v) is 5.50. The SMILES string of the molecule is CCC.CCCCCCCCC[C@@]12CC[C@@H](O1)C1C(=O)OC(=O)C12. The molecule has 0 amide bonds. The number of hydrogen-bond acceptors (Lipinski definition) is 4. The molecule has 0 aromatic rings. The molecule has 4 atom stereocenters. The molecule has 0 aromatic heterocycles. The first-order chi connectivity index (χ1) is 11.6. The van der Waals surface area contributed by atoms with Gasteiger partial charge in [-0.15, -0.1) is 0 Å². The number of carbonyl (C=O) groups excluding carboxylic acids is 2. The van der Waals surface area contributed by atoms with Gasteiger partial charge < -0.3 is 9.47 Å². The van der Waals surface area contributed by atoms with Crippen LogP contribution >= 0.6 is 0 Å². The van der Waals surface area contributed by atoms with Crippen molar-refractivity contribution in [3.05, 3.63) is 0 Å². The van der Waals surface area contributed by atoms with Gasteiger partial charge in [-0.2, -0.15) is 0 Å². The first-order valence-corrected chi connectivity index (χ1v) is 10.0. The number of unbranched alkanes of at least 4 members (excludes halogenated alkanes) is 6. The molecule has 4 nitrogen and oxygen atoms in total. The second-order valence-corrected chi connectivity index (χ2v) is 7.58. The van der Waals surface area contributed by atoms with Gasteiger partial charge in [-0.3, -0.25) is 9.59 Å². The van der Waals surface area contributed by atoms with Crippen LogP contribution in [0.3, 0.4) is 0 Å². The van der Waals surface area contributed by atoms with Crippen molar-refractivity contribution in [1.29, 1.82) is 0 Å².